The van der Waals surface area contributed by atoms with Gasteiger partial charge in [0.25, 0.3) is 0 Å². The summed E-state index contributed by atoms with van der Waals surface area (Å²) in [4.78, 5) is 10.8. The lowest BCUT2D eigenvalue weighted by Crippen LogP contribution is -2.25. The van der Waals surface area contributed by atoms with Gasteiger partial charge in [0.2, 0.25) is 7.37 Å². The third-order valence-electron chi connectivity index (χ3n) is 3.52. The predicted molar refractivity (Wildman–Crippen MR) is 86.3 cm³/mol. The highest BCUT2D eigenvalue weighted by Gasteiger charge is 2.39. The van der Waals surface area contributed by atoms with Crippen LogP contribution in [0.25, 0.3) is 0 Å². The zero-order valence-corrected chi connectivity index (χ0v) is 13.1. The molecule has 0 bridgehead atoms. The second kappa shape index (κ2) is 7.01. The Morgan fingerprint density at radius 3 is 1.43 bits per heavy atom. The minimum atomic E-state index is -3.58. The lowest BCUT2D eigenvalue weighted by atomic mass is 10.2. The van der Waals surface area contributed by atoms with Crippen LogP contribution in [-0.4, -0.2) is 19.0 Å². The molecule has 0 aliphatic rings. The summed E-state index contributed by atoms with van der Waals surface area (Å²) in [5.41, 5.74) is 1.61. The minimum absolute atomic E-state index is 0.614. The topological polar surface area (TPSA) is 61.4 Å². The van der Waals surface area contributed by atoms with Gasteiger partial charge < -0.3 is 15.5 Å². The Kier molecular flexibility index (Phi) is 5.32. The van der Waals surface area contributed by atoms with Crippen molar-refractivity contribution < 1.29 is 9.46 Å². The Morgan fingerprint density at radius 2 is 1.14 bits per heavy atom. The number of hydrogen-bond donors (Lipinski definition) is 3. The summed E-state index contributed by atoms with van der Waals surface area (Å²) in [7, 11) is -0.166. The van der Waals surface area contributed by atoms with Gasteiger partial charge in [-0.25, -0.2) is 0 Å². The Morgan fingerprint density at radius 1 is 0.810 bits per heavy atom. The van der Waals surface area contributed by atoms with Gasteiger partial charge in [-0.1, -0.05) is 60.7 Å². The van der Waals surface area contributed by atoms with E-state index in [4.69, 9.17) is 0 Å². The predicted octanol–water partition coefficient (Wildman–Crippen LogP) is 3.09. The molecule has 0 fully saturated rings. The standard InChI is InChI=1S/C16H21N2O2P/c1-17-15(13-9-5-3-6-10-13)21(19,20)16(18-2)14-11-7-4-8-12-14/h3-12,15-18H,1-2H3,(H,19,20). The van der Waals surface area contributed by atoms with Gasteiger partial charge in [-0.2, -0.15) is 0 Å². The molecule has 0 radical (unpaired) electrons. The Hall–Kier alpha value is -1.45. The Labute approximate surface area is 125 Å². The molecule has 0 heterocycles. The third-order valence-corrected chi connectivity index (χ3v) is 6.11. The normalized spacial score (nSPS) is 16.9. The van der Waals surface area contributed by atoms with Gasteiger partial charge in [-0.3, -0.25) is 4.57 Å². The molecular weight excluding hydrogens is 283 g/mol. The molecule has 2 rings (SSSR count). The Bertz CT molecular complexity index is 553. The van der Waals surface area contributed by atoms with Crippen molar-refractivity contribution >= 4 is 7.37 Å². The summed E-state index contributed by atoms with van der Waals surface area (Å²) in [5, 5.41) is 5.98. The van der Waals surface area contributed by atoms with Gasteiger partial charge in [0.05, 0.1) is 0 Å². The number of rotatable bonds is 6. The average molecular weight is 304 g/mol. The zero-order chi connectivity index (χ0) is 15.3. The van der Waals surface area contributed by atoms with Gasteiger partial charge in [0, 0.05) is 0 Å². The molecule has 0 aliphatic carbocycles. The molecule has 0 aromatic heterocycles. The van der Waals surface area contributed by atoms with E-state index < -0.39 is 18.9 Å². The maximum atomic E-state index is 13.1. The van der Waals surface area contributed by atoms with E-state index in [0.29, 0.717) is 0 Å². The van der Waals surface area contributed by atoms with E-state index in [9.17, 15) is 9.46 Å². The van der Waals surface area contributed by atoms with Crippen LogP contribution in [-0.2, 0) is 4.57 Å². The minimum Gasteiger partial charge on any atom is -0.342 e. The summed E-state index contributed by atoms with van der Waals surface area (Å²) in [6, 6.07) is 18.7. The van der Waals surface area contributed by atoms with Crippen LogP contribution in [0.1, 0.15) is 22.7 Å². The molecule has 0 saturated carbocycles. The molecule has 5 heteroatoms. The van der Waals surface area contributed by atoms with Gasteiger partial charge in [-0.15, -0.1) is 0 Å². The molecule has 4 nitrogen and oxygen atoms in total. The van der Waals surface area contributed by atoms with Crippen LogP contribution in [0.2, 0.25) is 0 Å². The summed E-state index contributed by atoms with van der Waals surface area (Å²) < 4.78 is 13.1. The lowest BCUT2D eigenvalue weighted by molar-refractivity contribution is 0.432. The number of nitrogens with one attached hydrogen (secondary N) is 2. The molecular formula is C16H21N2O2P. The smallest absolute Gasteiger partial charge is 0.242 e. The van der Waals surface area contributed by atoms with Crippen LogP contribution in [0.3, 0.4) is 0 Å². The van der Waals surface area contributed by atoms with Crippen LogP contribution < -0.4 is 10.6 Å². The van der Waals surface area contributed by atoms with E-state index in [1.807, 2.05) is 60.7 Å². The highest BCUT2D eigenvalue weighted by atomic mass is 31.2. The van der Waals surface area contributed by atoms with Gasteiger partial charge >= 0.3 is 0 Å². The van der Waals surface area contributed by atoms with Crippen molar-refractivity contribution in [3.8, 4) is 0 Å². The summed E-state index contributed by atoms with van der Waals surface area (Å²) in [6.07, 6.45) is 0. The summed E-state index contributed by atoms with van der Waals surface area (Å²) in [6.45, 7) is 0. The molecule has 0 aliphatic heterocycles. The van der Waals surface area contributed by atoms with Crippen molar-refractivity contribution in [1.29, 1.82) is 0 Å². The molecule has 21 heavy (non-hydrogen) atoms. The highest BCUT2D eigenvalue weighted by Crippen LogP contribution is 2.63. The zero-order valence-electron chi connectivity index (χ0n) is 12.2. The largest absolute Gasteiger partial charge is 0.342 e. The van der Waals surface area contributed by atoms with Crippen molar-refractivity contribution in [2.45, 2.75) is 11.6 Å². The monoisotopic (exact) mass is 304 g/mol. The quantitative estimate of drug-likeness (QED) is 0.718. The number of benzene rings is 2. The molecule has 3 N–H and O–H groups in total. The van der Waals surface area contributed by atoms with E-state index in [1.165, 1.54) is 0 Å². The van der Waals surface area contributed by atoms with Crippen LogP contribution in [0.4, 0.5) is 0 Å². The van der Waals surface area contributed by atoms with Crippen LogP contribution >= 0.6 is 7.37 Å². The third kappa shape index (κ3) is 3.42. The van der Waals surface area contributed by atoms with Gasteiger partial charge in [0.1, 0.15) is 11.6 Å². The van der Waals surface area contributed by atoms with Crippen LogP contribution in [0.5, 0.6) is 0 Å². The van der Waals surface area contributed by atoms with Crippen LogP contribution in [0, 0.1) is 0 Å². The van der Waals surface area contributed by atoms with Crippen molar-refractivity contribution in [1.82, 2.24) is 10.6 Å². The van der Waals surface area contributed by atoms with E-state index >= 15 is 0 Å². The molecule has 2 unspecified atom stereocenters. The summed E-state index contributed by atoms with van der Waals surface area (Å²) in [5.74, 6) is -1.23. The molecule has 2 aromatic rings. The van der Waals surface area contributed by atoms with Crippen molar-refractivity contribution in [3.63, 3.8) is 0 Å². The highest BCUT2D eigenvalue weighted by molar-refractivity contribution is 7.58. The fourth-order valence-corrected chi connectivity index (χ4v) is 4.79. The first-order valence-corrected chi connectivity index (χ1v) is 8.67. The van der Waals surface area contributed by atoms with Gasteiger partial charge in [-0.05, 0) is 25.2 Å². The van der Waals surface area contributed by atoms with E-state index in [0.717, 1.165) is 11.1 Å². The first-order valence-electron chi connectivity index (χ1n) is 6.88. The van der Waals surface area contributed by atoms with Crippen molar-refractivity contribution in [2.75, 3.05) is 14.1 Å². The second-order valence-electron chi connectivity index (χ2n) is 4.88. The molecule has 0 spiro atoms. The molecule has 0 amide bonds. The lowest BCUT2D eigenvalue weighted by Gasteiger charge is -2.30. The van der Waals surface area contributed by atoms with Crippen LogP contribution in [0.15, 0.2) is 60.7 Å². The number of hydrogen-bond acceptors (Lipinski definition) is 3. The van der Waals surface area contributed by atoms with E-state index in [-0.39, 0.29) is 0 Å². The van der Waals surface area contributed by atoms with Crippen molar-refractivity contribution in [2.24, 2.45) is 0 Å². The SMILES string of the molecule is CNC(c1ccccc1)P(=O)(O)C(NC)c1ccccc1. The Balaban J connectivity index is 2.40. The van der Waals surface area contributed by atoms with E-state index in [2.05, 4.69) is 10.6 Å². The van der Waals surface area contributed by atoms with Crippen molar-refractivity contribution in [3.05, 3.63) is 71.8 Å². The molecule has 2 aromatic carbocycles. The maximum absolute atomic E-state index is 13.1. The average Bonchev–Trinajstić information content (AvgIpc) is 2.50. The molecule has 2 atom stereocenters. The first kappa shape index (κ1) is 15.9. The van der Waals surface area contributed by atoms with E-state index in [1.54, 1.807) is 14.1 Å². The fourth-order valence-electron chi connectivity index (χ4n) is 2.55. The summed E-state index contributed by atoms with van der Waals surface area (Å²) >= 11 is 0. The molecule has 0 saturated heterocycles. The first-order chi connectivity index (χ1) is 10.1. The molecule has 112 valence electrons. The maximum Gasteiger partial charge on any atom is 0.242 e. The van der Waals surface area contributed by atoms with Gasteiger partial charge in [0.15, 0.2) is 0 Å². The fraction of sp³-hybridized carbons (Fsp3) is 0.250. The second-order valence-corrected chi connectivity index (χ2v) is 7.25.